The molecule has 26 heavy (non-hydrogen) atoms. The average molecular weight is 500 g/mol. The van der Waals surface area contributed by atoms with Gasteiger partial charge in [0.15, 0.2) is 15.8 Å². The highest BCUT2D eigenvalue weighted by atomic mass is 127. The van der Waals surface area contributed by atoms with E-state index in [0.717, 1.165) is 12.5 Å². The minimum atomic E-state index is -2.96. The predicted octanol–water partition coefficient (Wildman–Crippen LogP) is 1.43. The van der Waals surface area contributed by atoms with Gasteiger partial charge in [0.05, 0.1) is 11.5 Å². The number of carbonyl (C=O) groups is 1. The van der Waals surface area contributed by atoms with Crippen molar-refractivity contribution in [2.75, 3.05) is 31.6 Å². The SMILES string of the molecule is CCC1(CNC(=NC)NCCC(=O)NC2CCS(=O)(=O)C2)CCCC1.I. The van der Waals surface area contributed by atoms with E-state index in [-0.39, 0.29) is 47.4 Å². The van der Waals surface area contributed by atoms with Gasteiger partial charge in [0.1, 0.15) is 0 Å². The van der Waals surface area contributed by atoms with Crippen LogP contribution in [-0.4, -0.2) is 58.0 Å². The van der Waals surface area contributed by atoms with Gasteiger partial charge >= 0.3 is 0 Å². The van der Waals surface area contributed by atoms with Crippen LogP contribution >= 0.6 is 24.0 Å². The first-order chi connectivity index (χ1) is 11.9. The number of sulfone groups is 1. The van der Waals surface area contributed by atoms with Crippen molar-refractivity contribution in [1.29, 1.82) is 0 Å². The molecule has 0 radical (unpaired) electrons. The van der Waals surface area contributed by atoms with Crippen molar-refractivity contribution in [2.45, 2.75) is 57.9 Å². The summed E-state index contributed by atoms with van der Waals surface area (Å²) in [7, 11) is -1.23. The lowest BCUT2D eigenvalue weighted by atomic mass is 9.83. The molecule has 0 aromatic rings. The summed E-state index contributed by atoms with van der Waals surface area (Å²) in [6, 6.07) is -0.235. The van der Waals surface area contributed by atoms with Crippen LogP contribution in [0.1, 0.15) is 51.9 Å². The van der Waals surface area contributed by atoms with Gasteiger partial charge in [0.2, 0.25) is 5.91 Å². The third-order valence-corrected chi connectivity index (χ3v) is 7.28. The van der Waals surface area contributed by atoms with E-state index in [9.17, 15) is 13.2 Å². The van der Waals surface area contributed by atoms with Gasteiger partial charge < -0.3 is 16.0 Å². The molecule has 1 heterocycles. The maximum absolute atomic E-state index is 11.9. The highest BCUT2D eigenvalue weighted by Crippen LogP contribution is 2.40. The smallest absolute Gasteiger partial charge is 0.222 e. The molecular weight excluding hydrogens is 467 g/mol. The van der Waals surface area contributed by atoms with Gasteiger partial charge in [-0.1, -0.05) is 19.8 Å². The highest BCUT2D eigenvalue weighted by Gasteiger charge is 2.32. The lowest BCUT2D eigenvalue weighted by molar-refractivity contribution is -0.121. The summed E-state index contributed by atoms with van der Waals surface area (Å²) in [5.74, 6) is 0.835. The number of guanidine groups is 1. The molecule has 2 aliphatic rings. The normalized spacial score (nSPS) is 23.9. The molecule has 2 fully saturated rings. The fourth-order valence-corrected chi connectivity index (χ4v) is 5.45. The van der Waals surface area contributed by atoms with Crippen LogP contribution in [0.4, 0.5) is 0 Å². The van der Waals surface area contributed by atoms with E-state index in [2.05, 4.69) is 27.9 Å². The number of aliphatic imine (C=N–C) groups is 1. The Hall–Kier alpha value is -0.580. The maximum Gasteiger partial charge on any atom is 0.222 e. The van der Waals surface area contributed by atoms with Crippen LogP contribution in [0.15, 0.2) is 4.99 Å². The number of nitrogens with one attached hydrogen (secondary N) is 3. The van der Waals surface area contributed by atoms with Gasteiger partial charge in [-0.2, -0.15) is 0 Å². The van der Waals surface area contributed by atoms with Crippen molar-refractivity contribution in [3.8, 4) is 0 Å². The van der Waals surface area contributed by atoms with Crippen molar-refractivity contribution < 1.29 is 13.2 Å². The second-order valence-corrected chi connectivity index (χ2v) is 9.56. The van der Waals surface area contributed by atoms with E-state index < -0.39 is 9.84 Å². The van der Waals surface area contributed by atoms with Crippen LogP contribution in [0, 0.1) is 5.41 Å². The molecule has 152 valence electrons. The molecule has 1 aliphatic heterocycles. The quantitative estimate of drug-likeness (QED) is 0.279. The Morgan fingerprint density at radius 1 is 1.23 bits per heavy atom. The highest BCUT2D eigenvalue weighted by molar-refractivity contribution is 14.0. The van der Waals surface area contributed by atoms with Crippen LogP contribution in [-0.2, 0) is 14.6 Å². The van der Waals surface area contributed by atoms with Gasteiger partial charge in [-0.3, -0.25) is 9.79 Å². The van der Waals surface area contributed by atoms with Gasteiger partial charge in [-0.15, -0.1) is 24.0 Å². The van der Waals surface area contributed by atoms with Crippen LogP contribution in [0.25, 0.3) is 0 Å². The zero-order valence-electron chi connectivity index (χ0n) is 15.8. The Balaban J connectivity index is 0.00000338. The lowest BCUT2D eigenvalue weighted by Gasteiger charge is -2.28. The zero-order chi connectivity index (χ0) is 18.3. The van der Waals surface area contributed by atoms with Crippen molar-refractivity contribution in [3.63, 3.8) is 0 Å². The third-order valence-electron chi connectivity index (χ3n) is 5.51. The molecule has 1 saturated heterocycles. The Labute approximate surface area is 174 Å². The van der Waals surface area contributed by atoms with Crippen LogP contribution in [0.2, 0.25) is 0 Å². The molecule has 1 amide bonds. The summed E-state index contributed by atoms with van der Waals surface area (Å²) in [6.07, 6.45) is 7.13. The molecule has 0 spiro atoms. The Kier molecular flexibility index (Phi) is 9.63. The van der Waals surface area contributed by atoms with E-state index in [4.69, 9.17) is 0 Å². The van der Waals surface area contributed by atoms with Crippen LogP contribution in [0.3, 0.4) is 0 Å². The van der Waals surface area contributed by atoms with E-state index in [1.807, 2.05) is 0 Å². The molecule has 1 unspecified atom stereocenters. The van der Waals surface area contributed by atoms with E-state index in [1.165, 1.54) is 32.1 Å². The Morgan fingerprint density at radius 3 is 2.46 bits per heavy atom. The molecule has 9 heteroatoms. The van der Waals surface area contributed by atoms with Crippen LogP contribution < -0.4 is 16.0 Å². The third kappa shape index (κ3) is 7.21. The number of hydrogen-bond acceptors (Lipinski definition) is 4. The first-order valence-corrected chi connectivity index (χ1v) is 11.1. The van der Waals surface area contributed by atoms with Gasteiger partial charge in [0, 0.05) is 32.6 Å². The number of rotatable bonds is 7. The summed E-state index contributed by atoms with van der Waals surface area (Å²) in [6.45, 7) is 3.64. The lowest BCUT2D eigenvalue weighted by Crippen LogP contribution is -2.44. The van der Waals surface area contributed by atoms with Gasteiger partial charge in [0.25, 0.3) is 0 Å². The van der Waals surface area contributed by atoms with Crippen molar-refractivity contribution in [1.82, 2.24) is 16.0 Å². The summed E-state index contributed by atoms with van der Waals surface area (Å²) < 4.78 is 22.8. The van der Waals surface area contributed by atoms with Crippen LogP contribution in [0.5, 0.6) is 0 Å². The molecule has 0 aromatic carbocycles. The number of hydrogen-bond donors (Lipinski definition) is 3. The number of amides is 1. The summed E-state index contributed by atoms with van der Waals surface area (Å²) in [5, 5.41) is 9.35. The first kappa shape index (κ1) is 23.5. The van der Waals surface area contributed by atoms with Crippen molar-refractivity contribution in [3.05, 3.63) is 0 Å². The van der Waals surface area contributed by atoms with Crippen molar-refractivity contribution in [2.24, 2.45) is 10.4 Å². The van der Waals surface area contributed by atoms with Crippen molar-refractivity contribution >= 4 is 45.7 Å². The molecule has 0 aromatic heterocycles. The molecule has 7 nitrogen and oxygen atoms in total. The zero-order valence-corrected chi connectivity index (χ0v) is 19.0. The number of nitrogens with zero attached hydrogens (tertiary/aromatic N) is 1. The Bertz CT molecular complexity index is 589. The fraction of sp³-hybridized carbons (Fsp3) is 0.882. The standard InChI is InChI=1S/C17H32N4O3S.HI/c1-3-17(8-4-5-9-17)13-20-16(18-2)19-10-6-15(22)21-14-7-11-25(23,24)12-14;/h14H,3-13H2,1-2H3,(H,21,22)(H2,18,19,20);1H. The van der Waals surface area contributed by atoms with Gasteiger partial charge in [-0.05, 0) is 31.1 Å². The number of halogens is 1. The summed E-state index contributed by atoms with van der Waals surface area (Å²) >= 11 is 0. The predicted molar refractivity (Wildman–Crippen MR) is 116 cm³/mol. The largest absolute Gasteiger partial charge is 0.356 e. The molecule has 3 N–H and O–H groups in total. The van der Waals surface area contributed by atoms with E-state index >= 15 is 0 Å². The molecule has 1 saturated carbocycles. The molecule has 0 bridgehead atoms. The summed E-state index contributed by atoms with van der Waals surface area (Å²) in [5.41, 5.74) is 0.378. The minimum absolute atomic E-state index is 0. The average Bonchev–Trinajstić information content (AvgIpc) is 3.17. The molecular formula is C17H33IN4O3S. The van der Waals surface area contributed by atoms with Gasteiger partial charge in [-0.25, -0.2) is 8.42 Å². The maximum atomic E-state index is 11.9. The number of carbonyl (C=O) groups excluding carboxylic acids is 1. The molecule has 1 atom stereocenters. The first-order valence-electron chi connectivity index (χ1n) is 9.32. The molecule has 2 rings (SSSR count). The second kappa shape index (κ2) is 10.7. The second-order valence-electron chi connectivity index (χ2n) is 7.33. The fourth-order valence-electron chi connectivity index (χ4n) is 3.78. The summed E-state index contributed by atoms with van der Waals surface area (Å²) in [4.78, 5) is 16.2. The Morgan fingerprint density at radius 2 is 1.92 bits per heavy atom. The minimum Gasteiger partial charge on any atom is -0.356 e. The monoisotopic (exact) mass is 500 g/mol. The van der Waals surface area contributed by atoms with E-state index in [0.29, 0.717) is 24.8 Å². The topological polar surface area (TPSA) is 99.7 Å². The van der Waals surface area contributed by atoms with E-state index in [1.54, 1.807) is 7.05 Å². The molecule has 1 aliphatic carbocycles.